The van der Waals surface area contributed by atoms with Crippen molar-refractivity contribution in [2.45, 2.75) is 279 Å². The van der Waals surface area contributed by atoms with Gasteiger partial charge in [-0.3, -0.25) is 4.79 Å². The maximum Gasteiger partial charge on any atom is 0.220 e. The molecule has 3 saturated heterocycles. The lowest BCUT2D eigenvalue weighted by Gasteiger charge is -2.48. The minimum atomic E-state index is -1.99. The molecule has 3 fully saturated rings. The molecule has 3 aliphatic rings. The number of ether oxygens (including phenoxy) is 6. The zero-order valence-electron chi connectivity index (χ0n) is 52.6. The van der Waals surface area contributed by atoms with E-state index in [1.807, 2.05) is 6.08 Å². The normalized spacial score (nSPS) is 29.2. The van der Waals surface area contributed by atoms with Gasteiger partial charge in [-0.25, -0.2) is 0 Å². The second kappa shape index (κ2) is 49.8. The Morgan fingerprint density at radius 1 is 0.420 bits per heavy atom. The van der Waals surface area contributed by atoms with Crippen LogP contribution in [0, 0.1) is 0 Å². The molecule has 0 spiro atoms. The Labute approximate surface area is 525 Å². The fourth-order valence-corrected chi connectivity index (χ4v) is 10.2. The molecule has 502 valence electrons. The predicted octanol–water partition coefficient (Wildman–Crippen LogP) is 7.65. The predicted molar refractivity (Wildman–Crippen MR) is 341 cm³/mol. The number of amides is 1. The first-order valence-corrected chi connectivity index (χ1v) is 32.8. The van der Waals surface area contributed by atoms with Gasteiger partial charge in [-0.15, -0.1) is 0 Å². The van der Waals surface area contributed by atoms with Crippen LogP contribution in [0.3, 0.4) is 0 Å². The van der Waals surface area contributed by atoms with Gasteiger partial charge in [-0.2, -0.15) is 0 Å². The first-order valence-electron chi connectivity index (χ1n) is 32.8. The van der Waals surface area contributed by atoms with Crippen molar-refractivity contribution >= 4 is 5.91 Å². The molecule has 1 amide bonds. The van der Waals surface area contributed by atoms with Crippen molar-refractivity contribution in [3.05, 3.63) is 122 Å². The van der Waals surface area contributed by atoms with Crippen LogP contribution in [-0.2, 0) is 33.2 Å². The monoisotopic (exact) mass is 1240 g/mol. The van der Waals surface area contributed by atoms with Crippen LogP contribution in [0.2, 0.25) is 0 Å². The van der Waals surface area contributed by atoms with Gasteiger partial charge < -0.3 is 89.9 Å². The standard InChI is InChI=1S/C69H113NO18/c1-3-5-7-9-11-13-15-17-18-19-20-21-22-23-24-25-26-27-28-29-30-31-32-33-34-35-37-39-41-43-45-47-57(75)70-52(53(74)46-44-42-40-38-36-16-14-12-10-8-6-4-2)51-83-67-63(81)60(78)65(55(49-72)85-67)88-69-64(82)61(79)66(56(50-73)86-69)87-68-62(80)59(77)58(76)54(48-71)84-68/h5,7,11,13,17-18,20-21,23-24,26-27,29-30,32-33,35,37,44,46,52-56,58-69,71-74,76-82H,3-4,6,8-10,12,14-16,19,22,25,28,31,34,36,38-43,45,47-51H2,1-2H3,(H,70,75)/b7-5-,13-11-,18-17-,21-20-,24-23-,27-26-,30-29-,33-32-,37-35-,46-44+. The first kappa shape index (κ1) is 78.4. The van der Waals surface area contributed by atoms with Crippen molar-refractivity contribution in [2.75, 3.05) is 26.4 Å². The molecule has 17 unspecified atom stereocenters. The summed E-state index contributed by atoms with van der Waals surface area (Å²) in [4.78, 5) is 13.3. The van der Waals surface area contributed by atoms with E-state index in [0.29, 0.717) is 6.42 Å². The van der Waals surface area contributed by atoms with Crippen molar-refractivity contribution < 1.29 is 89.4 Å². The van der Waals surface area contributed by atoms with Crippen LogP contribution in [0.25, 0.3) is 0 Å². The summed E-state index contributed by atoms with van der Waals surface area (Å²) in [5, 5.41) is 120. The van der Waals surface area contributed by atoms with Crippen molar-refractivity contribution in [3.63, 3.8) is 0 Å². The third-order valence-corrected chi connectivity index (χ3v) is 15.5. The summed E-state index contributed by atoms with van der Waals surface area (Å²) in [6.07, 6.45) is 40.4. The Kier molecular flexibility index (Phi) is 44.4. The van der Waals surface area contributed by atoms with Crippen LogP contribution < -0.4 is 5.32 Å². The van der Waals surface area contributed by atoms with Crippen molar-refractivity contribution in [1.29, 1.82) is 0 Å². The number of rotatable bonds is 47. The number of allylic oxidation sites excluding steroid dienone is 19. The molecule has 12 N–H and O–H groups in total. The smallest absolute Gasteiger partial charge is 0.220 e. The van der Waals surface area contributed by atoms with Crippen molar-refractivity contribution in [3.8, 4) is 0 Å². The average Bonchev–Trinajstić information content (AvgIpc) is 1.54. The maximum atomic E-state index is 13.3. The summed E-state index contributed by atoms with van der Waals surface area (Å²) >= 11 is 0. The van der Waals surface area contributed by atoms with E-state index < -0.39 is 124 Å². The lowest BCUT2D eigenvalue weighted by molar-refractivity contribution is -0.379. The molecular weight excluding hydrogens is 1130 g/mol. The molecule has 19 heteroatoms. The van der Waals surface area contributed by atoms with Gasteiger partial charge in [0.1, 0.15) is 73.2 Å². The van der Waals surface area contributed by atoms with Crippen molar-refractivity contribution in [2.24, 2.45) is 0 Å². The number of hydrogen-bond acceptors (Lipinski definition) is 18. The zero-order chi connectivity index (χ0) is 64.0. The highest BCUT2D eigenvalue weighted by molar-refractivity contribution is 5.76. The summed E-state index contributed by atoms with van der Waals surface area (Å²) in [5.74, 6) is -0.315. The summed E-state index contributed by atoms with van der Waals surface area (Å²) in [6, 6.07) is -0.999. The summed E-state index contributed by atoms with van der Waals surface area (Å²) < 4.78 is 34.2. The molecule has 0 aromatic carbocycles. The molecule has 88 heavy (non-hydrogen) atoms. The molecule has 3 aliphatic heterocycles. The van der Waals surface area contributed by atoms with Crippen LogP contribution in [0.5, 0.6) is 0 Å². The highest BCUT2D eigenvalue weighted by Gasteiger charge is 2.53. The van der Waals surface area contributed by atoms with Gasteiger partial charge in [0, 0.05) is 6.42 Å². The van der Waals surface area contributed by atoms with Crippen LogP contribution >= 0.6 is 0 Å². The molecule has 3 heterocycles. The summed E-state index contributed by atoms with van der Waals surface area (Å²) in [7, 11) is 0. The lowest BCUT2D eigenvalue weighted by atomic mass is 9.96. The van der Waals surface area contributed by atoms with E-state index in [2.05, 4.69) is 129 Å². The van der Waals surface area contributed by atoms with Gasteiger partial charge in [0.05, 0.1) is 38.6 Å². The number of nitrogens with one attached hydrogen (secondary N) is 1. The van der Waals surface area contributed by atoms with Gasteiger partial charge in [0.15, 0.2) is 18.9 Å². The van der Waals surface area contributed by atoms with Crippen molar-refractivity contribution in [1.82, 2.24) is 5.32 Å². The summed E-state index contributed by atoms with van der Waals surface area (Å²) in [6.45, 7) is 1.54. The SMILES string of the molecule is CC/C=C\C/C=C\C/C=C\C/C=C\C/C=C\C/C=C\C/C=C\C/C=C\C/C=C\CCCCCC(=O)NC(COC1OC(CO)C(OC2OC(CO)C(OC3OC(CO)C(O)C(O)C3O)C(O)C2O)C(O)C1O)C(O)/C=C/CCCCCCCCCCCC. The third-order valence-electron chi connectivity index (χ3n) is 15.5. The average molecular weight is 1240 g/mol. The van der Waals surface area contributed by atoms with E-state index in [-0.39, 0.29) is 18.9 Å². The fourth-order valence-electron chi connectivity index (χ4n) is 10.2. The molecular formula is C69H113NO18. The molecule has 0 aromatic heterocycles. The second-order valence-electron chi connectivity index (χ2n) is 22.8. The van der Waals surface area contributed by atoms with Gasteiger partial charge >= 0.3 is 0 Å². The number of hydrogen-bond donors (Lipinski definition) is 12. The van der Waals surface area contributed by atoms with E-state index in [1.54, 1.807) is 6.08 Å². The molecule has 0 bridgehead atoms. The molecule has 0 aromatic rings. The number of aliphatic hydroxyl groups excluding tert-OH is 11. The van der Waals surface area contributed by atoms with Gasteiger partial charge in [0.2, 0.25) is 5.91 Å². The summed E-state index contributed by atoms with van der Waals surface area (Å²) in [5.41, 5.74) is 0. The molecule has 3 rings (SSSR count). The molecule has 0 radical (unpaired) electrons. The second-order valence-corrected chi connectivity index (χ2v) is 22.8. The highest BCUT2D eigenvalue weighted by Crippen LogP contribution is 2.33. The Bertz CT molecular complexity index is 2070. The first-order chi connectivity index (χ1) is 42.8. The molecule has 0 aliphatic carbocycles. The Balaban J connectivity index is 1.43. The van der Waals surface area contributed by atoms with E-state index in [4.69, 9.17) is 28.4 Å². The Morgan fingerprint density at radius 2 is 0.784 bits per heavy atom. The minimum absolute atomic E-state index is 0.194. The number of unbranched alkanes of at least 4 members (excludes halogenated alkanes) is 13. The van der Waals surface area contributed by atoms with E-state index in [1.165, 1.54) is 44.9 Å². The van der Waals surface area contributed by atoms with Crippen LogP contribution in [0.15, 0.2) is 122 Å². The third kappa shape index (κ3) is 32.0. The topological polar surface area (TPSA) is 307 Å². The molecule has 0 saturated carbocycles. The molecule has 17 atom stereocenters. The Morgan fingerprint density at radius 3 is 1.23 bits per heavy atom. The fraction of sp³-hybridized carbons (Fsp3) is 0.696. The minimum Gasteiger partial charge on any atom is -0.394 e. The lowest BCUT2D eigenvalue weighted by Crippen LogP contribution is -2.66. The van der Waals surface area contributed by atoms with Gasteiger partial charge in [0.25, 0.3) is 0 Å². The zero-order valence-corrected chi connectivity index (χ0v) is 52.6. The number of carbonyl (C=O) groups is 1. The Hall–Kier alpha value is -3.81. The van der Waals surface area contributed by atoms with E-state index >= 15 is 0 Å². The van der Waals surface area contributed by atoms with Crippen LogP contribution in [-0.4, -0.2) is 193 Å². The van der Waals surface area contributed by atoms with Crippen LogP contribution in [0.1, 0.15) is 174 Å². The van der Waals surface area contributed by atoms with E-state index in [0.717, 1.165) is 103 Å². The maximum absolute atomic E-state index is 13.3. The van der Waals surface area contributed by atoms with E-state index in [9.17, 15) is 61.0 Å². The van der Waals surface area contributed by atoms with Gasteiger partial charge in [-0.05, 0) is 89.9 Å². The highest BCUT2D eigenvalue weighted by atomic mass is 16.8. The quantitative estimate of drug-likeness (QED) is 0.0206. The number of carbonyl (C=O) groups excluding carboxylic acids is 1. The molecule has 19 nitrogen and oxygen atoms in total. The van der Waals surface area contributed by atoms with Crippen LogP contribution in [0.4, 0.5) is 0 Å². The largest absolute Gasteiger partial charge is 0.394 e. The number of aliphatic hydroxyl groups is 11. The van der Waals surface area contributed by atoms with Gasteiger partial charge in [-0.1, -0.05) is 200 Å².